The van der Waals surface area contributed by atoms with Crippen LogP contribution in [0.4, 0.5) is 5.00 Å². The molecule has 1 atom stereocenters. The van der Waals surface area contributed by atoms with Gasteiger partial charge in [0.25, 0.3) is 5.91 Å². The topological polar surface area (TPSA) is 90.0 Å². The van der Waals surface area contributed by atoms with Gasteiger partial charge in [-0.1, -0.05) is 6.42 Å². The summed E-state index contributed by atoms with van der Waals surface area (Å²) in [6, 6.07) is 1.32. The van der Waals surface area contributed by atoms with Gasteiger partial charge in [0, 0.05) is 17.3 Å². The van der Waals surface area contributed by atoms with Gasteiger partial charge in [0.05, 0.1) is 5.56 Å². The monoisotopic (exact) mass is 332 g/mol. The molecule has 2 aromatic heterocycles. The molecule has 3 rings (SSSR count). The van der Waals surface area contributed by atoms with E-state index in [1.165, 1.54) is 16.2 Å². The molecular weight excluding hydrogens is 312 g/mol. The Morgan fingerprint density at radius 1 is 1.35 bits per heavy atom. The average Bonchev–Trinajstić information content (AvgIpc) is 3.10. The fourth-order valence-electron chi connectivity index (χ4n) is 2.94. The van der Waals surface area contributed by atoms with Gasteiger partial charge >= 0.3 is 0 Å². The van der Waals surface area contributed by atoms with Crippen LogP contribution in [0.5, 0.6) is 0 Å². The van der Waals surface area contributed by atoms with Gasteiger partial charge < -0.3 is 11.1 Å². The van der Waals surface area contributed by atoms with E-state index in [4.69, 9.17) is 5.73 Å². The predicted octanol–water partition coefficient (Wildman–Crippen LogP) is 2.51. The number of hydrogen-bond acceptors (Lipinski definition) is 4. The third kappa shape index (κ3) is 3.14. The van der Waals surface area contributed by atoms with Gasteiger partial charge in [-0.2, -0.15) is 5.10 Å². The molecule has 122 valence electrons. The number of aryl methyl sites for hydroxylation is 1. The maximum absolute atomic E-state index is 12.4. The number of nitrogens with one attached hydrogen (secondary N) is 1. The lowest BCUT2D eigenvalue weighted by Crippen LogP contribution is -2.25. The Hall–Kier alpha value is -2.15. The Balaban J connectivity index is 1.88. The molecule has 1 aliphatic carbocycles. The summed E-state index contributed by atoms with van der Waals surface area (Å²) in [6.07, 6.45) is 8.51. The number of thiophene rings is 1. The van der Waals surface area contributed by atoms with Crippen molar-refractivity contribution < 1.29 is 9.59 Å². The zero-order valence-electron chi connectivity index (χ0n) is 13.0. The fourth-order valence-corrected chi connectivity index (χ4v) is 4.24. The molecule has 0 aromatic carbocycles. The lowest BCUT2D eigenvalue weighted by Gasteiger charge is -2.12. The van der Waals surface area contributed by atoms with E-state index in [0.29, 0.717) is 10.6 Å². The van der Waals surface area contributed by atoms with Crippen molar-refractivity contribution in [2.45, 2.75) is 45.1 Å². The molecule has 23 heavy (non-hydrogen) atoms. The van der Waals surface area contributed by atoms with Crippen LogP contribution in [0.1, 0.15) is 53.0 Å². The lowest BCUT2D eigenvalue weighted by atomic mass is 10.1. The Kier molecular flexibility index (Phi) is 4.47. The molecule has 0 aliphatic heterocycles. The van der Waals surface area contributed by atoms with Gasteiger partial charge in [-0.25, -0.2) is 0 Å². The number of anilines is 1. The van der Waals surface area contributed by atoms with Crippen molar-refractivity contribution in [3.63, 3.8) is 0 Å². The Bertz CT molecular complexity index is 721. The summed E-state index contributed by atoms with van der Waals surface area (Å²) in [5.74, 6) is -0.668. The number of fused-ring (bicyclic) bond motifs is 1. The van der Waals surface area contributed by atoms with E-state index in [2.05, 4.69) is 10.4 Å². The van der Waals surface area contributed by atoms with Crippen molar-refractivity contribution >= 4 is 28.2 Å². The van der Waals surface area contributed by atoms with Gasteiger partial charge in [-0.05, 0) is 44.2 Å². The van der Waals surface area contributed by atoms with Crippen LogP contribution >= 0.6 is 11.3 Å². The molecule has 0 saturated heterocycles. The molecule has 0 saturated carbocycles. The first kappa shape index (κ1) is 15.7. The first-order chi connectivity index (χ1) is 11.1. The van der Waals surface area contributed by atoms with Crippen molar-refractivity contribution in [2.24, 2.45) is 5.73 Å². The van der Waals surface area contributed by atoms with Gasteiger partial charge in [-0.3, -0.25) is 14.3 Å². The molecule has 7 heteroatoms. The summed E-state index contributed by atoms with van der Waals surface area (Å²) >= 11 is 1.48. The molecule has 2 heterocycles. The Labute approximate surface area is 138 Å². The number of amides is 2. The molecule has 0 fully saturated rings. The minimum Gasteiger partial charge on any atom is -0.365 e. The van der Waals surface area contributed by atoms with E-state index in [-0.39, 0.29) is 5.91 Å². The summed E-state index contributed by atoms with van der Waals surface area (Å²) in [5.41, 5.74) is 7.10. The smallest absolute Gasteiger partial charge is 0.251 e. The zero-order valence-corrected chi connectivity index (χ0v) is 13.9. The minimum atomic E-state index is -0.466. The second kappa shape index (κ2) is 6.54. The largest absolute Gasteiger partial charge is 0.365 e. The van der Waals surface area contributed by atoms with Crippen LogP contribution in [0.25, 0.3) is 0 Å². The normalized spacial score (nSPS) is 15.5. The highest BCUT2D eigenvalue weighted by atomic mass is 32.1. The van der Waals surface area contributed by atoms with Crippen LogP contribution in [0, 0.1) is 0 Å². The first-order valence-corrected chi connectivity index (χ1v) is 8.64. The molecule has 2 amide bonds. The Morgan fingerprint density at radius 3 is 2.83 bits per heavy atom. The number of nitrogens with zero attached hydrogens (tertiary/aromatic N) is 2. The molecule has 2 aromatic rings. The van der Waals surface area contributed by atoms with E-state index >= 15 is 0 Å². The van der Waals surface area contributed by atoms with Gasteiger partial charge in [0.2, 0.25) is 5.91 Å². The predicted molar refractivity (Wildman–Crippen MR) is 89.7 cm³/mol. The minimum absolute atomic E-state index is 0.201. The molecule has 0 radical (unpaired) electrons. The molecule has 0 spiro atoms. The molecule has 6 nitrogen and oxygen atoms in total. The van der Waals surface area contributed by atoms with E-state index < -0.39 is 11.9 Å². The van der Waals surface area contributed by atoms with Crippen LogP contribution < -0.4 is 11.1 Å². The fraction of sp³-hybridized carbons (Fsp3) is 0.438. The number of rotatable bonds is 4. The highest BCUT2D eigenvalue weighted by Gasteiger charge is 2.25. The molecule has 0 bridgehead atoms. The number of hydrogen-bond donors (Lipinski definition) is 2. The van der Waals surface area contributed by atoms with Crippen molar-refractivity contribution in [3.05, 3.63) is 34.5 Å². The third-order valence-electron chi connectivity index (χ3n) is 4.21. The first-order valence-electron chi connectivity index (χ1n) is 7.82. The summed E-state index contributed by atoms with van der Waals surface area (Å²) in [7, 11) is 0. The number of carbonyl (C=O) groups excluding carboxylic acids is 2. The highest BCUT2D eigenvalue weighted by Crippen LogP contribution is 2.37. The summed E-state index contributed by atoms with van der Waals surface area (Å²) in [4.78, 5) is 25.5. The number of primary amides is 1. The number of aromatic nitrogens is 2. The van der Waals surface area contributed by atoms with Crippen molar-refractivity contribution in [3.8, 4) is 0 Å². The quantitative estimate of drug-likeness (QED) is 0.843. The van der Waals surface area contributed by atoms with E-state index in [1.54, 1.807) is 30.1 Å². The molecule has 3 N–H and O–H groups in total. The van der Waals surface area contributed by atoms with E-state index in [9.17, 15) is 9.59 Å². The van der Waals surface area contributed by atoms with Crippen LogP contribution in [0.15, 0.2) is 18.5 Å². The SMILES string of the molecule is CC(C(=O)Nc1sc2c(c1C(N)=O)CCCCC2)n1cccn1. The van der Waals surface area contributed by atoms with Crippen LogP contribution in [0.2, 0.25) is 0 Å². The molecule has 1 aliphatic rings. The van der Waals surface area contributed by atoms with Crippen LogP contribution in [-0.4, -0.2) is 21.6 Å². The number of nitrogens with two attached hydrogens (primary N) is 1. The van der Waals surface area contributed by atoms with Crippen LogP contribution in [-0.2, 0) is 17.6 Å². The summed E-state index contributed by atoms with van der Waals surface area (Å²) in [5, 5.41) is 7.53. The van der Waals surface area contributed by atoms with Gasteiger partial charge in [0.1, 0.15) is 11.0 Å². The van der Waals surface area contributed by atoms with Crippen LogP contribution in [0.3, 0.4) is 0 Å². The van der Waals surface area contributed by atoms with Gasteiger partial charge in [-0.15, -0.1) is 11.3 Å². The van der Waals surface area contributed by atoms with E-state index in [0.717, 1.165) is 37.7 Å². The molecular formula is C16H20N4O2S. The van der Waals surface area contributed by atoms with Crippen molar-refractivity contribution in [1.82, 2.24) is 9.78 Å². The average molecular weight is 332 g/mol. The van der Waals surface area contributed by atoms with Gasteiger partial charge in [0.15, 0.2) is 0 Å². The standard InChI is InChI=1S/C16H20N4O2S/c1-10(20-9-5-8-18-20)15(22)19-16-13(14(17)21)11-6-3-2-4-7-12(11)23-16/h5,8-10H,2-4,6-7H2,1H3,(H2,17,21)(H,19,22). The van der Waals surface area contributed by atoms with Crippen molar-refractivity contribution in [1.29, 1.82) is 0 Å². The lowest BCUT2D eigenvalue weighted by molar-refractivity contribution is -0.119. The zero-order chi connectivity index (χ0) is 16.4. The second-order valence-electron chi connectivity index (χ2n) is 5.78. The maximum atomic E-state index is 12.4. The van der Waals surface area contributed by atoms with E-state index in [1.807, 2.05) is 0 Å². The number of carbonyl (C=O) groups is 2. The van der Waals surface area contributed by atoms with Crippen molar-refractivity contribution in [2.75, 3.05) is 5.32 Å². The summed E-state index contributed by atoms with van der Waals surface area (Å²) < 4.78 is 1.58. The summed E-state index contributed by atoms with van der Waals surface area (Å²) in [6.45, 7) is 1.77. The Morgan fingerprint density at radius 2 is 2.13 bits per heavy atom. The maximum Gasteiger partial charge on any atom is 0.251 e. The molecule has 1 unspecified atom stereocenters. The third-order valence-corrected chi connectivity index (χ3v) is 5.41. The second-order valence-corrected chi connectivity index (χ2v) is 6.89. The highest BCUT2D eigenvalue weighted by molar-refractivity contribution is 7.17.